The van der Waals surface area contributed by atoms with Gasteiger partial charge in [0.25, 0.3) is 11.7 Å². The highest BCUT2D eigenvalue weighted by atomic mass is 16.5. The zero-order valence-corrected chi connectivity index (χ0v) is 17.0. The maximum absolute atomic E-state index is 13.0. The normalized spacial score (nSPS) is 17.9. The lowest BCUT2D eigenvalue weighted by atomic mass is 9.99. The molecular formula is C24H21NO6. The van der Waals surface area contributed by atoms with Crippen LogP contribution in [0.2, 0.25) is 0 Å². The summed E-state index contributed by atoms with van der Waals surface area (Å²) in [6.07, 6.45) is 0. The van der Waals surface area contributed by atoms with Crippen molar-refractivity contribution in [3.8, 4) is 11.5 Å². The van der Waals surface area contributed by atoms with Gasteiger partial charge in [0, 0.05) is 5.56 Å². The fourth-order valence-electron chi connectivity index (χ4n) is 3.65. The highest BCUT2D eigenvalue weighted by molar-refractivity contribution is 6.51. The van der Waals surface area contributed by atoms with Gasteiger partial charge >= 0.3 is 0 Å². The summed E-state index contributed by atoms with van der Waals surface area (Å²) in [6, 6.07) is 15.1. The highest BCUT2D eigenvalue weighted by Gasteiger charge is 2.49. The Kier molecular flexibility index (Phi) is 5.25. The van der Waals surface area contributed by atoms with Gasteiger partial charge in [0.2, 0.25) is 0 Å². The molecule has 31 heavy (non-hydrogen) atoms. The van der Waals surface area contributed by atoms with Gasteiger partial charge in [-0.2, -0.15) is 0 Å². The molecule has 2 N–H and O–H groups in total. The van der Waals surface area contributed by atoms with E-state index in [-0.39, 0.29) is 22.8 Å². The minimum absolute atomic E-state index is 0.119. The molecule has 2 heterocycles. The van der Waals surface area contributed by atoms with Gasteiger partial charge < -0.3 is 19.4 Å². The number of furan rings is 1. The van der Waals surface area contributed by atoms with Crippen molar-refractivity contribution in [2.24, 2.45) is 0 Å². The molecule has 7 heteroatoms. The lowest BCUT2D eigenvalue weighted by Gasteiger charge is -2.24. The van der Waals surface area contributed by atoms with E-state index < -0.39 is 17.7 Å². The number of nitrogens with zero attached hydrogens (tertiary/aromatic N) is 1. The Hall–Kier alpha value is -4.00. The molecule has 1 aliphatic rings. The van der Waals surface area contributed by atoms with Gasteiger partial charge in [-0.15, -0.1) is 0 Å². The lowest BCUT2D eigenvalue weighted by molar-refractivity contribution is -0.132. The van der Waals surface area contributed by atoms with E-state index in [9.17, 15) is 19.8 Å². The molecule has 0 saturated carbocycles. The molecule has 2 aromatic carbocycles. The van der Waals surface area contributed by atoms with Gasteiger partial charge in [-0.1, -0.05) is 12.1 Å². The second kappa shape index (κ2) is 8.02. The quantitative estimate of drug-likeness (QED) is 0.363. The molecule has 0 spiro atoms. The number of rotatable bonds is 5. The molecule has 4 rings (SSSR count). The standard InChI is InChI=1S/C24H21NO6/c1-3-30-16-11-9-15(10-12-16)22(27)20-21(19-13-8-14(2)31-19)25(24(29)23(20)28)17-6-4-5-7-18(17)26/h4-13,21,26-27H,3H2,1-2H3/b22-20-. The Bertz CT molecular complexity index is 1170. The Morgan fingerprint density at radius 1 is 1.06 bits per heavy atom. The van der Waals surface area contributed by atoms with Crippen LogP contribution in [-0.4, -0.2) is 28.5 Å². The van der Waals surface area contributed by atoms with E-state index in [1.807, 2.05) is 6.92 Å². The minimum Gasteiger partial charge on any atom is -0.507 e. The fourth-order valence-corrected chi connectivity index (χ4v) is 3.65. The number of anilines is 1. The second-order valence-corrected chi connectivity index (χ2v) is 7.06. The zero-order chi connectivity index (χ0) is 22.1. The third-order valence-corrected chi connectivity index (χ3v) is 5.06. The Morgan fingerprint density at radius 2 is 1.77 bits per heavy atom. The summed E-state index contributed by atoms with van der Waals surface area (Å²) >= 11 is 0. The molecule has 1 aliphatic heterocycles. The number of ketones is 1. The van der Waals surface area contributed by atoms with Crippen LogP contribution in [0.5, 0.6) is 11.5 Å². The maximum Gasteiger partial charge on any atom is 0.300 e. The number of Topliss-reactive ketones (excluding diaryl/α,β-unsaturated/α-hetero) is 1. The number of phenols is 1. The van der Waals surface area contributed by atoms with Crippen molar-refractivity contribution < 1.29 is 29.0 Å². The minimum atomic E-state index is -1.03. The maximum atomic E-state index is 13.0. The molecule has 1 amide bonds. The van der Waals surface area contributed by atoms with E-state index in [0.717, 1.165) is 4.90 Å². The molecule has 3 aromatic rings. The number of aryl methyl sites for hydroxylation is 1. The molecular weight excluding hydrogens is 398 g/mol. The van der Waals surface area contributed by atoms with Crippen molar-refractivity contribution >= 4 is 23.1 Å². The molecule has 1 aromatic heterocycles. The molecule has 0 radical (unpaired) electrons. The molecule has 1 unspecified atom stereocenters. The number of aliphatic hydroxyl groups excluding tert-OH is 1. The molecule has 1 fully saturated rings. The number of benzene rings is 2. The predicted molar refractivity (Wildman–Crippen MR) is 114 cm³/mol. The summed E-state index contributed by atoms with van der Waals surface area (Å²) < 4.78 is 11.1. The summed E-state index contributed by atoms with van der Waals surface area (Å²) in [5.41, 5.74) is 0.383. The Morgan fingerprint density at radius 3 is 2.39 bits per heavy atom. The largest absolute Gasteiger partial charge is 0.507 e. The van der Waals surface area contributed by atoms with Crippen molar-refractivity contribution in [1.29, 1.82) is 0 Å². The topological polar surface area (TPSA) is 100 Å². The Labute approximate surface area is 178 Å². The molecule has 158 valence electrons. The number of carbonyl (C=O) groups excluding carboxylic acids is 2. The van der Waals surface area contributed by atoms with Crippen LogP contribution in [0.1, 0.15) is 30.0 Å². The van der Waals surface area contributed by atoms with Crippen molar-refractivity contribution in [3.05, 3.63) is 83.3 Å². The van der Waals surface area contributed by atoms with Gasteiger partial charge in [-0.3, -0.25) is 14.5 Å². The fraction of sp³-hybridized carbons (Fsp3) is 0.167. The lowest BCUT2D eigenvalue weighted by Crippen LogP contribution is -2.29. The highest BCUT2D eigenvalue weighted by Crippen LogP contribution is 2.45. The van der Waals surface area contributed by atoms with E-state index >= 15 is 0 Å². The molecule has 1 atom stereocenters. The zero-order valence-electron chi connectivity index (χ0n) is 17.0. The third kappa shape index (κ3) is 3.54. The number of aliphatic hydroxyl groups is 1. The smallest absolute Gasteiger partial charge is 0.300 e. The first-order valence-corrected chi connectivity index (χ1v) is 9.81. The molecule has 7 nitrogen and oxygen atoms in total. The van der Waals surface area contributed by atoms with Crippen molar-refractivity contribution in [1.82, 2.24) is 0 Å². The van der Waals surface area contributed by atoms with E-state index in [4.69, 9.17) is 9.15 Å². The summed E-state index contributed by atoms with van der Waals surface area (Å²) in [4.78, 5) is 27.2. The average Bonchev–Trinajstić information content (AvgIpc) is 3.30. The summed E-state index contributed by atoms with van der Waals surface area (Å²) in [5.74, 6) is -0.739. The van der Waals surface area contributed by atoms with Gasteiger partial charge in [-0.05, 0) is 62.4 Å². The number of carbonyl (C=O) groups is 2. The number of ether oxygens (including phenoxy) is 1. The first-order chi connectivity index (χ1) is 14.9. The van der Waals surface area contributed by atoms with Crippen LogP contribution in [0.25, 0.3) is 5.76 Å². The van der Waals surface area contributed by atoms with Crippen molar-refractivity contribution in [2.75, 3.05) is 11.5 Å². The Balaban J connectivity index is 1.89. The summed E-state index contributed by atoms with van der Waals surface area (Å²) in [6.45, 7) is 4.09. The van der Waals surface area contributed by atoms with E-state index in [1.54, 1.807) is 55.5 Å². The number of hydrogen-bond donors (Lipinski definition) is 2. The first-order valence-electron chi connectivity index (χ1n) is 9.81. The molecule has 0 aliphatic carbocycles. The van der Waals surface area contributed by atoms with E-state index in [2.05, 4.69) is 0 Å². The number of phenolic OH excluding ortho intramolecular Hbond substituents is 1. The second-order valence-electron chi connectivity index (χ2n) is 7.06. The van der Waals surface area contributed by atoms with Crippen LogP contribution < -0.4 is 9.64 Å². The molecule has 0 bridgehead atoms. The van der Waals surface area contributed by atoms with Gasteiger partial charge in [0.1, 0.15) is 34.8 Å². The van der Waals surface area contributed by atoms with E-state index in [1.165, 1.54) is 12.1 Å². The monoisotopic (exact) mass is 419 g/mol. The van der Waals surface area contributed by atoms with Crippen LogP contribution >= 0.6 is 0 Å². The van der Waals surface area contributed by atoms with Crippen LogP contribution in [0.4, 0.5) is 5.69 Å². The van der Waals surface area contributed by atoms with Crippen molar-refractivity contribution in [2.45, 2.75) is 19.9 Å². The van der Waals surface area contributed by atoms with E-state index in [0.29, 0.717) is 29.4 Å². The van der Waals surface area contributed by atoms with Crippen LogP contribution in [-0.2, 0) is 9.59 Å². The number of hydrogen-bond acceptors (Lipinski definition) is 6. The van der Waals surface area contributed by atoms with Crippen molar-refractivity contribution in [3.63, 3.8) is 0 Å². The third-order valence-electron chi connectivity index (χ3n) is 5.06. The average molecular weight is 419 g/mol. The number of aromatic hydroxyl groups is 1. The first kappa shape index (κ1) is 20.3. The van der Waals surface area contributed by atoms with Crippen LogP contribution in [0.15, 0.2) is 70.7 Å². The van der Waals surface area contributed by atoms with Gasteiger partial charge in [0.05, 0.1) is 17.9 Å². The summed E-state index contributed by atoms with van der Waals surface area (Å²) in [5, 5.41) is 21.4. The SMILES string of the molecule is CCOc1ccc(/C(O)=C2/C(=O)C(=O)N(c3ccccc3O)C2c2ccc(C)o2)cc1. The predicted octanol–water partition coefficient (Wildman–Crippen LogP) is 4.32. The van der Waals surface area contributed by atoms with Gasteiger partial charge in [0.15, 0.2) is 0 Å². The van der Waals surface area contributed by atoms with Crippen LogP contribution in [0, 0.1) is 6.92 Å². The molecule has 1 saturated heterocycles. The number of amides is 1. The number of para-hydroxylation sites is 2. The van der Waals surface area contributed by atoms with Crippen LogP contribution in [0.3, 0.4) is 0 Å². The van der Waals surface area contributed by atoms with Gasteiger partial charge in [-0.25, -0.2) is 0 Å². The summed E-state index contributed by atoms with van der Waals surface area (Å²) in [7, 11) is 0.